The summed E-state index contributed by atoms with van der Waals surface area (Å²) in [4.78, 5) is 33.3. The highest BCUT2D eigenvalue weighted by molar-refractivity contribution is 6.00. The molecule has 1 N–H and O–H groups in total. The molecule has 10 nitrogen and oxygen atoms in total. The molecule has 3 heterocycles. The first kappa shape index (κ1) is 28.4. The van der Waals surface area contributed by atoms with Crippen LogP contribution in [0, 0.1) is 0 Å². The predicted molar refractivity (Wildman–Crippen MR) is 157 cm³/mol. The van der Waals surface area contributed by atoms with Crippen molar-refractivity contribution in [1.29, 1.82) is 0 Å². The van der Waals surface area contributed by atoms with E-state index in [1.165, 1.54) is 12.4 Å². The average molecular weight is 559 g/mol. The zero-order valence-electron chi connectivity index (χ0n) is 24.0. The fourth-order valence-electron chi connectivity index (χ4n) is 5.78. The van der Waals surface area contributed by atoms with Crippen molar-refractivity contribution >= 4 is 17.5 Å². The van der Waals surface area contributed by atoms with Gasteiger partial charge in [-0.1, -0.05) is 19.1 Å². The van der Waals surface area contributed by atoms with Crippen molar-refractivity contribution in [2.24, 2.45) is 0 Å². The summed E-state index contributed by atoms with van der Waals surface area (Å²) in [6.07, 6.45) is 4.28. The van der Waals surface area contributed by atoms with Gasteiger partial charge in [0.25, 0.3) is 11.8 Å². The molecule has 41 heavy (non-hydrogen) atoms. The van der Waals surface area contributed by atoms with Crippen molar-refractivity contribution in [2.45, 2.75) is 32.4 Å². The zero-order chi connectivity index (χ0) is 28.8. The number of carbonyl (C=O) groups excluding carboxylic acids is 2. The van der Waals surface area contributed by atoms with Crippen LogP contribution in [0.4, 0.5) is 5.69 Å². The van der Waals surface area contributed by atoms with Gasteiger partial charge in [-0.2, -0.15) is 10.2 Å². The molecule has 0 saturated carbocycles. The predicted octanol–water partition coefficient (Wildman–Crippen LogP) is 3.54. The van der Waals surface area contributed by atoms with Gasteiger partial charge < -0.3 is 29.5 Å². The summed E-state index contributed by atoms with van der Waals surface area (Å²) >= 11 is 0. The molecule has 10 heteroatoms. The number of nitrogens with one attached hydrogen (secondary N) is 1. The van der Waals surface area contributed by atoms with Crippen LogP contribution in [0.25, 0.3) is 0 Å². The number of fused-ring (bicyclic) bond motifs is 1. The Hall–Kier alpha value is -4.18. The highest BCUT2D eigenvalue weighted by Crippen LogP contribution is 2.40. The van der Waals surface area contributed by atoms with Crippen molar-refractivity contribution in [3.8, 4) is 11.5 Å². The monoisotopic (exact) mass is 558 g/mol. The third-order valence-corrected chi connectivity index (χ3v) is 8.09. The number of likely N-dealkylation sites (N-methyl/N-ethyl adjacent to an activating group) is 1. The van der Waals surface area contributed by atoms with Gasteiger partial charge in [0.15, 0.2) is 11.5 Å². The molecule has 0 bridgehead atoms. The van der Waals surface area contributed by atoms with Crippen LogP contribution < -0.4 is 19.7 Å². The Kier molecular flexibility index (Phi) is 8.98. The average Bonchev–Trinajstić information content (AvgIpc) is 3.37. The Bertz CT molecular complexity index is 1360. The van der Waals surface area contributed by atoms with Gasteiger partial charge >= 0.3 is 0 Å². The minimum atomic E-state index is -0.209. The Morgan fingerprint density at radius 1 is 1.02 bits per heavy atom. The minimum absolute atomic E-state index is 0.0284. The van der Waals surface area contributed by atoms with Crippen molar-refractivity contribution in [2.75, 3.05) is 58.4 Å². The molecule has 1 aromatic heterocycles. The molecule has 5 rings (SSSR count). The lowest BCUT2D eigenvalue weighted by atomic mass is 9.99. The summed E-state index contributed by atoms with van der Waals surface area (Å²) in [6.45, 7) is 8.19. The molecule has 0 unspecified atom stereocenters. The molecular weight excluding hydrogens is 520 g/mol. The van der Waals surface area contributed by atoms with Crippen LogP contribution in [-0.2, 0) is 6.54 Å². The van der Waals surface area contributed by atoms with E-state index in [1.54, 1.807) is 20.3 Å². The fourth-order valence-corrected chi connectivity index (χ4v) is 5.78. The number of methoxy groups -OCH3 is 2. The van der Waals surface area contributed by atoms with Crippen LogP contribution in [0.1, 0.15) is 57.7 Å². The number of piperazine rings is 1. The van der Waals surface area contributed by atoms with E-state index in [4.69, 9.17) is 9.47 Å². The van der Waals surface area contributed by atoms with E-state index in [9.17, 15) is 9.59 Å². The lowest BCUT2D eigenvalue weighted by molar-refractivity contribution is 0.0687. The Morgan fingerprint density at radius 3 is 2.54 bits per heavy atom. The van der Waals surface area contributed by atoms with Gasteiger partial charge in [0, 0.05) is 56.1 Å². The highest BCUT2D eigenvalue weighted by Gasteiger charge is 2.36. The normalized spacial score (nSPS) is 15.9. The summed E-state index contributed by atoms with van der Waals surface area (Å²) in [6, 6.07) is 13.3. The van der Waals surface area contributed by atoms with E-state index in [0.29, 0.717) is 43.0 Å². The van der Waals surface area contributed by atoms with E-state index in [-0.39, 0.29) is 17.9 Å². The first-order valence-corrected chi connectivity index (χ1v) is 14.2. The second kappa shape index (κ2) is 13.0. The van der Waals surface area contributed by atoms with Crippen LogP contribution >= 0.6 is 0 Å². The van der Waals surface area contributed by atoms with E-state index in [0.717, 1.165) is 55.1 Å². The smallest absolute Gasteiger partial charge is 0.255 e. The maximum atomic E-state index is 13.9. The third-order valence-electron chi connectivity index (χ3n) is 8.09. The van der Waals surface area contributed by atoms with Crippen LogP contribution in [0.3, 0.4) is 0 Å². The molecule has 0 aliphatic carbocycles. The van der Waals surface area contributed by atoms with Gasteiger partial charge in [-0.05, 0) is 55.3 Å². The van der Waals surface area contributed by atoms with Crippen molar-refractivity contribution in [1.82, 2.24) is 25.3 Å². The minimum Gasteiger partial charge on any atom is -0.493 e. The quantitative estimate of drug-likeness (QED) is 0.357. The molecule has 0 radical (unpaired) electrons. The molecule has 2 amide bonds. The van der Waals surface area contributed by atoms with E-state index in [1.807, 2.05) is 35.2 Å². The number of amides is 2. The van der Waals surface area contributed by atoms with Crippen LogP contribution in [0.15, 0.2) is 54.9 Å². The molecule has 1 fully saturated rings. The number of hydrogen-bond donors (Lipinski definition) is 1. The largest absolute Gasteiger partial charge is 0.493 e. The molecule has 2 aromatic carbocycles. The first-order chi connectivity index (χ1) is 20.0. The zero-order valence-corrected chi connectivity index (χ0v) is 24.0. The number of hydrogen-bond acceptors (Lipinski definition) is 8. The molecule has 216 valence electrons. The van der Waals surface area contributed by atoms with Crippen molar-refractivity contribution in [3.63, 3.8) is 0 Å². The van der Waals surface area contributed by atoms with Gasteiger partial charge in [-0.15, -0.1) is 0 Å². The number of carbonyl (C=O) groups is 2. The number of anilines is 1. The SMILES string of the molecule is CCN1CCN(c2cccc3c2CN([C@H](CCCNC(=O)c2ccnnc2)c2ccc(OC)c(OC)c2)C3=O)CC1. The molecule has 1 saturated heterocycles. The van der Waals surface area contributed by atoms with E-state index in [2.05, 4.69) is 38.3 Å². The summed E-state index contributed by atoms with van der Waals surface area (Å²) in [7, 11) is 3.22. The number of aromatic nitrogens is 2. The molecule has 3 aromatic rings. The molecule has 2 aliphatic rings. The summed E-state index contributed by atoms with van der Waals surface area (Å²) in [5.74, 6) is 1.09. The van der Waals surface area contributed by atoms with Gasteiger partial charge in [0.1, 0.15) is 0 Å². The van der Waals surface area contributed by atoms with Gasteiger partial charge in [-0.3, -0.25) is 9.59 Å². The van der Waals surface area contributed by atoms with Crippen molar-refractivity contribution in [3.05, 3.63) is 77.1 Å². The maximum Gasteiger partial charge on any atom is 0.255 e. The van der Waals surface area contributed by atoms with Crippen LogP contribution in [-0.4, -0.2) is 85.3 Å². The van der Waals surface area contributed by atoms with Gasteiger partial charge in [-0.25, -0.2) is 0 Å². The summed E-state index contributed by atoms with van der Waals surface area (Å²) in [5.41, 5.74) is 4.44. The standard InChI is InChI=1S/C31H38N6O4/c1-4-35-15-17-36(18-16-35)27-8-5-7-24-25(27)21-37(31(24)39)26(22-10-11-28(40-2)29(19-22)41-3)9-6-13-32-30(38)23-12-14-33-34-20-23/h5,7-8,10-12,14,19-20,26H,4,6,9,13,15-18,21H2,1-3H3,(H,32,38)/t26-/m1/s1. The Balaban J connectivity index is 1.37. The topological polar surface area (TPSA) is 100 Å². The third kappa shape index (κ3) is 6.12. The number of benzene rings is 2. The van der Waals surface area contributed by atoms with E-state index < -0.39 is 0 Å². The Labute approximate surface area is 241 Å². The lowest BCUT2D eigenvalue weighted by Gasteiger charge is -2.36. The van der Waals surface area contributed by atoms with E-state index >= 15 is 0 Å². The first-order valence-electron chi connectivity index (χ1n) is 14.2. The van der Waals surface area contributed by atoms with Crippen LogP contribution in [0.5, 0.6) is 11.5 Å². The fraction of sp³-hybridized carbons (Fsp3) is 0.419. The second-order valence-corrected chi connectivity index (χ2v) is 10.3. The lowest BCUT2D eigenvalue weighted by Crippen LogP contribution is -2.46. The van der Waals surface area contributed by atoms with Crippen LogP contribution in [0.2, 0.25) is 0 Å². The molecule has 2 aliphatic heterocycles. The number of nitrogens with zero attached hydrogens (tertiary/aromatic N) is 5. The molecular formula is C31H38N6O4. The maximum absolute atomic E-state index is 13.9. The summed E-state index contributed by atoms with van der Waals surface area (Å²) in [5, 5.41) is 10.5. The summed E-state index contributed by atoms with van der Waals surface area (Å²) < 4.78 is 11.1. The number of rotatable bonds is 11. The number of ether oxygens (including phenoxy) is 2. The molecule has 1 atom stereocenters. The second-order valence-electron chi connectivity index (χ2n) is 10.3. The molecule has 0 spiro atoms. The van der Waals surface area contributed by atoms with Gasteiger partial charge in [0.05, 0.1) is 38.2 Å². The van der Waals surface area contributed by atoms with Gasteiger partial charge in [0.2, 0.25) is 0 Å². The highest BCUT2D eigenvalue weighted by atomic mass is 16.5. The Morgan fingerprint density at radius 2 is 1.83 bits per heavy atom. The van der Waals surface area contributed by atoms with Crippen molar-refractivity contribution < 1.29 is 19.1 Å².